The Bertz CT molecular complexity index is 1120. The van der Waals surface area contributed by atoms with Gasteiger partial charge in [0.1, 0.15) is 5.56 Å². The zero-order chi connectivity index (χ0) is 19.0. The number of hydrogen-bond acceptors (Lipinski definition) is 8. The summed E-state index contributed by atoms with van der Waals surface area (Å²) in [7, 11) is 1.14. The summed E-state index contributed by atoms with van der Waals surface area (Å²) in [6.45, 7) is 0. The minimum atomic E-state index is -0.913. The van der Waals surface area contributed by atoms with Gasteiger partial charge in [0, 0.05) is 29.3 Å². The largest absolute Gasteiger partial charge is 0.494 e. The summed E-state index contributed by atoms with van der Waals surface area (Å²) in [6.07, 6.45) is 0.993. The molecule has 0 aliphatic carbocycles. The van der Waals surface area contributed by atoms with Gasteiger partial charge in [-0.05, 0) is 6.07 Å². The molecule has 0 unspecified atom stereocenters. The van der Waals surface area contributed by atoms with Crippen molar-refractivity contribution in [3.63, 3.8) is 0 Å². The van der Waals surface area contributed by atoms with Crippen LogP contribution in [-0.4, -0.2) is 38.8 Å². The number of nitrogens with one attached hydrogen (secondary N) is 2. The van der Waals surface area contributed by atoms with Crippen molar-refractivity contribution in [2.45, 2.75) is 0 Å². The van der Waals surface area contributed by atoms with Crippen molar-refractivity contribution >= 4 is 23.1 Å². The number of aliphatic imine (C=N–C) groups is 1. The number of nitrogens with zero attached hydrogens (tertiary/aromatic N) is 2. The maximum Gasteiger partial charge on any atom is 0.332 e. The van der Waals surface area contributed by atoms with E-state index in [0.29, 0.717) is 0 Å². The van der Waals surface area contributed by atoms with Crippen molar-refractivity contribution < 1.29 is 19.6 Å². The van der Waals surface area contributed by atoms with Gasteiger partial charge >= 0.3 is 11.7 Å². The number of aromatic hydroxyl groups is 1. The standard InChI is InChI=1S/C15H10N4O7/c1-26-10(20)5-9-8-4-6(19(24)25)2-3-7(8)12(16-9)11-13(21)17-15(23)18-14(11)22/h2-5H,1H3,(H3,17,18,21,22,23)/b9-5-. The Morgan fingerprint density at radius 1 is 1.31 bits per heavy atom. The lowest BCUT2D eigenvalue weighted by Gasteiger charge is -2.04. The number of fused-ring (bicyclic) bond motifs is 1. The second kappa shape index (κ2) is 6.12. The van der Waals surface area contributed by atoms with Crippen LogP contribution in [0.3, 0.4) is 0 Å². The number of esters is 1. The quantitative estimate of drug-likeness (QED) is 0.301. The summed E-state index contributed by atoms with van der Waals surface area (Å²) in [5.74, 6) is -1.48. The molecule has 2 heterocycles. The summed E-state index contributed by atoms with van der Waals surface area (Å²) in [4.78, 5) is 53.3. The number of carbonyl (C=O) groups is 1. The number of aromatic nitrogens is 2. The molecular formula is C15H10N4O7. The summed E-state index contributed by atoms with van der Waals surface area (Å²) < 4.78 is 4.53. The Labute approximate surface area is 143 Å². The van der Waals surface area contributed by atoms with Crippen molar-refractivity contribution in [2.75, 3.05) is 7.11 Å². The molecule has 0 fully saturated rings. The highest BCUT2D eigenvalue weighted by molar-refractivity contribution is 6.22. The predicted molar refractivity (Wildman–Crippen MR) is 88.1 cm³/mol. The van der Waals surface area contributed by atoms with Gasteiger partial charge in [-0.1, -0.05) is 0 Å². The number of non-ortho nitro benzene ring substituents is 1. The first kappa shape index (κ1) is 16.8. The van der Waals surface area contributed by atoms with Gasteiger partial charge in [-0.3, -0.25) is 24.9 Å². The average molecular weight is 358 g/mol. The van der Waals surface area contributed by atoms with E-state index in [2.05, 4.69) is 9.73 Å². The molecule has 1 aromatic carbocycles. The number of benzene rings is 1. The van der Waals surface area contributed by atoms with Gasteiger partial charge in [-0.25, -0.2) is 14.6 Å². The molecule has 0 amide bonds. The molecule has 11 heteroatoms. The van der Waals surface area contributed by atoms with E-state index < -0.39 is 28.0 Å². The Hall–Kier alpha value is -4.02. The topological polar surface area (TPSA) is 168 Å². The lowest BCUT2D eigenvalue weighted by atomic mass is 9.99. The average Bonchev–Trinajstić information content (AvgIpc) is 2.91. The van der Waals surface area contributed by atoms with Crippen molar-refractivity contribution in [1.82, 2.24) is 9.97 Å². The van der Waals surface area contributed by atoms with Gasteiger partial charge in [-0.15, -0.1) is 0 Å². The lowest BCUT2D eigenvalue weighted by Crippen LogP contribution is -2.27. The van der Waals surface area contributed by atoms with E-state index >= 15 is 0 Å². The van der Waals surface area contributed by atoms with Crippen LogP contribution in [0.2, 0.25) is 0 Å². The first-order valence-electron chi connectivity index (χ1n) is 7.05. The number of carbonyl (C=O) groups excluding carboxylic acids is 1. The monoisotopic (exact) mass is 358 g/mol. The van der Waals surface area contributed by atoms with Crippen LogP contribution in [0.4, 0.5) is 5.69 Å². The van der Waals surface area contributed by atoms with Gasteiger partial charge in [-0.2, -0.15) is 0 Å². The zero-order valence-corrected chi connectivity index (χ0v) is 13.1. The molecule has 1 aliphatic rings. The fourth-order valence-electron chi connectivity index (χ4n) is 2.47. The third-order valence-corrected chi connectivity index (χ3v) is 3.59. The highest BCUT2D eigenvalue weighted by Crippen LogP contribution is 2.34. The van der Waals surface area contributed by atoms with E-state index in [-0.39, 0.29) is 33.8 Å². The van der Waals surface area contributed by atoms with E-state index in [0.717, 1.165) is 13.2 Å². The number of methoxy groups -OCH3 is 1. The molecule has 11 nitrogen and oxygen atoms in total. The first-order valence-corrected chi connectivity index (χ1v) is 7.05. The number of nitro groups is 1. The molecule has 0 bridgehead atoms. The van der Waals surface area contributed by atoms with Gasteiger partial charge in [0.05, 0.1) is 23.4 Å². The third kappa shape index (κ3) is 2.77. The minimum absolute atomic E-state index is 0.00977. The van der Waals surface area contributed by atoms with Crippen molar-refractivity contribution in [3.05, 3.63) is 71.9 Å². The molecule has 3 rings (SSSR count). The van der Waals surface area contributed by atoms with E-state index in [1.54, 1.807) is 0 Å². The fraction of sp³-hybridized carbons (Fsp3) is 0.0667. The van der Waals surface area contributed by atoms with Gasteiger partial charge < -0.3 is 9.84 Å². The molecule has 2 aromatic rings. The van der Waals surface area contributed by atoms with Gasteiger partial charge in [0.25, 0.3) is 11.2 Å². The molecule has 1 aromatic heterocycles. The number of H-pyrrole nitrogens is 2. The van der Waals surface area contributed by atoms with Crippen molar-refractivity contribution in [2.24, 2.45) is 4.99 Å². The van der Waals surface area contributed by atoms with Crippen molar-refractivity contribution in [1.29, 1.82) is 0 Å². The van der Waals surface area contributed by atoms with Crippen LogP contribution >= 0.6 is 0 Å². The van der Waals surface area contributed by atoms with Gasteiger partial charge in [0.15, 0.2) is 0 Å². The molecule has 132 valence electrons. The molecule has 0 saturated heterocycles. The summed E-state index contributed by atoms with van der Waals surface area (Å²) >= 11 is 0. The molecule has 0 spiro atoms. The normalized spacial score (nSPS) is 14.0. The van der Waals surface area contributed by atoms with Crippen LogP contribution in [0.1, 0.15) is 16.7 Å². The SMILES string of the molecule is COC(=O)/C=C1\N=C(c2c(O)[nH]c(=O)[nH]c2=O)c2ccc([N+](=O)[O-])cc21. The molecule has 1 aliphatic heterocycles. The third-order valence-electron chi connectivity index (χ3n) is 3.59. The maximum atomic E-state index is 12.1. The number of ether oxygens (including phenoxy) is 1. The number of rotatable bonds is 3. The van der Waals surface area contributed by atoms with Crippen LogP contribution in [0.5, 0.6) is 5.88 Å². The summed E-state index contributed by atoms with van der Waals surface area (Å²) in [5, 5.41) is 20.9. The van der Waals surface area contributed by atoms with E-state index in [1.807, 2.05) is 9.97 Å². The van der Waals surface area contributed by atoms with Crippen LogP contribution in [0.15, 0.2) is 38.9 Å². The maximum absolute atomic E-state index is 12.1. The van der Waals surface area contributed by atoms with E-state index in [9.17, 15) is 29.6 Å². The molecule has 0 radical (unpaired) electrons. The highest BCUT2D eigenvalue weighted by atomic mass is 16.6. The number of hydrogen-bond donors (Lipinski definition) is 3. The second-order valence-electron chi connectivity index (χ2n) is 5.13. The molecule has 26 heavy (non-hydrogen) atoms. The van der Waals surface area contributed by atoms with E-state index in [1.165, 1.54) is 18.2 Å². The van der Waals surface area contributed by atoms with Crippen LogP contribution in [0, 0.1) is 10.1 Å². The Balaban J connectivity index is 2.29. The lowest BCUT2D eigenvalue weighted by molar-refractivity contribution is -0.384. The summed E-state index contributed by atoms with van der Waals surface area (Å²) in [6, 6.07) is 3.69. The molecule has 0 atom stereocenters. The highest BCUT2D eigenvalue weighted by Gasteiger charge is 2.28. The summed E-state index contributed by atoms with van der Waals surface area (Å²) in [5.41, 5.74) is -2.00. The number of nitro benzene ring substituents is 1. The fourth-order valence-corrected chi connectivity index (χ4v) is 2.47. The van der Waals surface area contributed by atoms with Crippen molar-refractivity contribution in [3.8, 4) is 5.88 Å². The molecule has 0 saturated carbocycles. The van der Waals surface area contributed by atoms with E-state index in [4.69, 9.17) is 0 Å². The zero-order valence-electron chi connectivity index (χ0n) is 13.1. The van der Waals surface area contributed by atoms with Crippen LogP contribution in [-0.2, 0) is 9.53 Å². The molecular weight excluding hydrogens is 348 g/mol. The van der Waals surface area contributed by atoms with Gasteiger partial charge in [0.2, 0.25) is 5.88 Å². The Morgan fingerprint density at radius 2 is 2.04 bits per heavy atom. The molecule has 3 N–H and O–H groups in total. The Kier molecular flexibility index (Phi) is 3.96. The van der Waals surface area contributed by atoms with Crippen LogP contribution < -0.4 is 11.2 Å². The minimum Gasteiger partial charge on any atom is -0.494 e. The predicted octanol–water partition coefficient (Wildman–Crippen LogP) is 0.0419. The van der Waals surface area contributed by atoms with Crippen LogP contribution in [0.25, 0.3) is 5.70 Å². The smallest absolute Gasteiger partial charge is 0.332 e. The number of aromatic amines is 2. The first-order chi connectivity index (χ1) is 12.3. The Morgan fingerprint density at radius 3 is 2.65 bits per heavy atom. The second-order valence-corrected chi connectivity index (χ2v) is 5.13.